The van der Waals surface area contributed by atoms with Gasteiger partial charge in [-0.3, -0.25) is 9.59 Å². The molecule has 2 aromatic rings. The van der Waals surface area contributed by atoms with E-state index in [4.69, 9.17) is 9.52 Å². The van der Waals surface area contributed by atoms with Gasteiger partial charge in [-0.1, -0.05) is 19.1 Å². The highest BCUT2D eigenvalue weighted by atomic mass is 16.4. The molecule has 0 radical (unpaired) electrons. The quantitative estimate of drug-likeness (QED) is 0.920. The highest BCUT2D eigenvalue weighted by molar-refractivity contribution is 6.05. The Morgan fingerprint density at radius 3 is 2.59 bits per heavy atom. The Hall–Kier alpha value is -2.56. The summed E-state index contributed by atoms with van der Waals surface area (Å²) in [6, 6.07) is 8.96. The van der Waals surface area contributed by atoms with Crippen LogP contribution in [0.1, 0.15) is 28.6 Å². The average Bonchev–Trinajstić information content (AvgIpc) is 3.00. The third-order valence-corrected chi connectivity index (χ3v) is 3.51. The summed E-state index contributed by atoms with van der Waals surface area (Å²) < 4.78 is 5.17. The average molecular weight is 301 g/mol. The summed E-state index contributed by atoms with van der Waals surface area (Å²) in [6.07, 6.45) is 1.43. The van der Waals surface area contributed by atoms with Crippen molar-refractivity contribution in [3.05, 3.63) is 53.5 Å². The number of hydrogen-bond acceptors (Lipinski definition) is 3. The molecule has 5 nitrogen and oxygen atoms in total. The number of amides is 1. The molecule has 2 rings (SSSR count). The molecule has 1 N–H and O–H groups in total. The van der Waals surface area contributed by atoms with Crippen LogP contribution in [0, 0.1) is 19.8 Å². The number of carboxylic acids is 1. The molecule has 1 amide bonds. The first kappa shape index (κ1) is 15.8. The second-order valence-electron chi connectivity index (χ2n) is 5.42. The minimum absolute atomic E-state index is 0.0825. The standard InChI is InChI=1S/C17H19NO4/c1-11-6-7-12(2)14(9-11)18(10-13(3)17(20)21)16(19)15-5-4-8-22-15/h4-9,13H,10H2,1-3H3,(H,20,21). The molecular weight excluding hydrogens is 282 g/mol. The summed E-state index contributed by atoms with van der Waals surface area (Å²) in [5.74, 6) is -1.77. The predicted molar refractivity (Wildman–Crippen MR) is 83.1 cm³/mol. The molecule has 5 heteroatoms. The van der Waals surface area contributed by atoms with E-state index in [-0.39, 0.29) is 18.2 Å². The molecule has 22 heavy (non-hydrogen) atoms. The molecule has 0 saturated carbocycles. The van der Waals surface area contributed by atoms with E-state index in [0.29, 0.717) is 5.69 Å². The SMILES string of the molecule is Cc1ccc(C)c(N(CC(C)C(=O)O)C(=O)c2ccco2)c1. The lowest BCUT2D eigenvalue weighted by Gasteiger charge is -2.25. The van der Waals surface area contributed by atoms with Crippen LogP contribution in [0.3, 0.4) is 0 Å². The molecule has 1 heterocycles. The van der Waals surface area contributed by atoms with Crippen molar-refractivity contribution in [2.75, 3.05) is 11.4 Å². The van der Waals surface area contributed by atoms with Gasteiger partial charge in [-0.15, -0.1) is 0 Å². The van der Waals surface area contributed by atoms with Crippen molar-refractivity contribution in [1.82, 2.24) is 0 Å². The van der Waals surface area contributed by atoms with Crippen LogP contribution in [0.5, 0.6) is 0 Å². The normalized spacial score (nSPS) is 12.0. The molecule has 1 unspecified atom stereocenters. The minimum atomic E-state index is -0.942. The monoisotopic (exact) mass is 301 g/mol. The van der Waals surface area contributed by atoms with Crippen molar-refractivity contribution in [3.8, 4) is 0 Å². The van der Waals surface area contributed by atoms with Gasteiger partial charge in [0.1, 0.15) is 0 Å². The van der Waals surface area contributed by atoms with E-state index in [2.05, 4.69) is 0 Å². The summed E-state index contributed by atoms with van der Waals surface area (Å²) in [5.41, 5.74) is 2.61. The van der Waals surface area contributed by atoms with Gasteiger partial charge in [-0.25, -0.2) is 0 Å². The summed E-state index contributed by atoms with van der Waals surface area (Å²) in [6.45, 7) is 5.48. The van der Waals surface area contributed by atoms with Gasteiger partial charge in [0.25, 0.3) is 5.91 Å². The lowest BCUT2D eigenvalue weighted by molar-refractivity contribution is -0.140. The Morgan fingerprint density at radius 1 is 1.27 bits per heavy atom. The topological polar surface area (TPSA) is 70.8 Å². The molecule has 0 aliphatic carbocycles. The fourth-order valence-corrected chi connectivity index (χ4v) is 2.19. The number of carbonyl (C=O) groups excluding carboxylic acids is 1. The molecule has 1 aromatic carbocycles. The number of benzene rings is 1. The van der Waals surface area contributed by atoms with E-state index in [1.165, 1.54) is 11.2 Å². The third-order valence-electron chi connectivity index (χ3n) is 3.51. The molecule has 0 aliphatic heterocycles. The van der Waals surface area contributed by atoms with E-state index in [0.717, 1.165) is 11.1 Å². The maximum Gasteiger partial charge on any atom is 0.308 e. The van der Waals surface area contributed by atoms with Gasteiger partial charge in [0.05, 0.1) is 12.2 Å². The molecule has 0 fully saturated rings. The Balaban J connectivity index is 2.43. The lowest BCUT2D eigenvalue weighted by Crippen LogP contribution is -2.37. The van der Waals surface area contributed by atoms with Gasteiger partial charge in [0, 0.05) is 12.2 Å². The van der Waals surface area contributed by atoms with E-state index in [9.17, 15) is 9.59 Å². The second kappa shape index (κ2) is 6.47. The van der Waals surface area contributed by atoms with E-state index < -0.39 is 11.9 Å². The zero-order chi connectivity index (χ0) is 16.3. The molecular formula is C17H19NO4. The number of aliphatic carboxylic acids is 1. The smallest absolute Gasteiger partial charge is 0.308 e. The van der Waals surface area contributed by atoms with Crippen molar-refractivity contribution in [3.63, 3.8) is 0 Å². The Labute approximate surface area is 129 Å². The zero-order valence-electron chi connectivity index (χ0n) is 12.9. The Kier molecular flexibility index (Phi) is 4.65. The number of carboxylic acid groups (broad SMARTS) is 1. The molecule has 0 saturated heterocycles. The van der Waals surface area contributed by atoms with Crippen molar-refractivity contribution in [2.24, 2.45) is 5.92 Å². The highest BCUT2D eigenvalue weighted by Gasteiger charge is 2.25. The van der Waals surface area contributed by atoms with Crippen LogP contribution in [0.15, 0.2) is 41.0 Å². The summed E-state index contributed by atoms with van der Waals surface area (Å²) >= 11 is 0. The third kappa shape index (κ3) is 3.36. The fourth-order valence-electron chi connectivity index (χ4n) is 2.19. The van der Waals surface area contributed by atoms with Gasteiger partial charge in [-0.2, -0.15) is 0 Å². The first-order valence-corrected chi connectivity index (χ1v) is 7.05. The summed E-state index contributed by atoms with van der Waals surface area (Å²) in [7, 11) is 0. The first-order chi connectivity index (χ1) is 10.4. The highest BCUT2D eigenvalue weighted by Crippen LogP contribution is 2.25. The van der Waals surface area contributed by atoms with Crippen molar-refractivity contribution >= 4 is 17.6 Å². The Bertz CT molecular complexity index is 676. The number of furan rings is 1. The number of aryl methyl sites for hydroxylation is 2. The molecule has 1 atom stereocenters. The number of rotatable bonds is 5. The van der Waals surface area contributed by atoms with Crippen LogP contribution < -0.4 is 4.90 Å². The number of anilines is 1. The maximum atomic E-state index is 12.7. The van der Waals surface area contributed by atoms with Crippen molar-refractivity contribution in [1.29, 1.82) is 0 Å². The van der Waals surface area contributed by atoms with E-state index in [1.54, 1.807) is 19.1 Å². The number of hydrogen-bond donors (Lipinski definition) is 1. The van der Waals surface area contributed by atoms with Crippen molar-refractivity contribution < 1.29 is 19.1 Å². The van der Waals surface area contributed by atoms with Crippen LogP contribution in [-0.4, -0.2) is 23.5 Å². The van der Waals surface area contributed by atoms with Gasteiger partial charge in [-0.05, 0) is 43.2 Å². The summed E-state index contributed by atoms with van der Waals surface area (Å²) in [5, 5.41) is 9.15. The van der Waals surface area contributed by atoms with Crippen LogP contribution >= 0.6 is 0 Å². The second-order valence-corrected chi connectivity index (χ2v) is 5.42. The van der Waals surface area contributed by atoms with Gasteiger partial charge in [0.15, 0.2) is 5.76 Å². The van der Waals surface area contributed by atoms with Crippen LogP contribution in [0.25, 0.3) is 0 Å². The summed E-state index contributed by atoms with van der Waals surface area (Å²) in [4.78, 5) is 25.3. The van der Waals surface area contributed by atoms with E-state index >= 15 is 0 Å². The lowest BCUT2D eigenvalue weighted by atomic mass is 10.1. The van der Waals surface area contributed by atoms with Crippen molar-refractivity contribution in [2.45, 2.75) is 20.8 Å². The van der Waals surface area contributed by atoms with Gasteiger partial charge in [0.2, 0.25) is 0 Å². The Morgan fingerprint density at radius 2 is 2.00 bits per heavy atom. The molecule has 0 bridgehead atoms. The fraction of sp³-hybridized carbons (Fsp3) is 0.294. The van der Waals surface area contributed by atoms with Crippen LogP contribution in [0.4, 0.5) is 5.69 Å². The van der Waals surface area contributed by atoms with Gasteiger partial charge < -0.3 is 14.4 Å². The minimum Gasteiger partial charge on any atom is -0.481 e. The van der Waals surface area contributed by atoms with E-state index in [1.807, 2.05) is 32.0 Å². The van der Waals surface area contributed by atoms with Crippen LogP contribution in [0.2, 0.25) is 0 Å². The number of carbonyl (C=O) groups is 2. The molecule has 0 spiro atoms. The largest absolute Gasteiger partial charge is 0.481 e. The number of nitrogens with zero attached hydrogens (tertiary/aromatic N) is 1. The van der Waals surface area contributed by atoms with Gasteiger partial charge >= 0.3 is 5.97 Å². The predicted octanol–water partition coefficient (Wildman–Crippen LogP) is 3.26. The zero-order valence-corrected chi connectivity index (χ0v) is 12.9. The van der Waals surface area contributed by atoms with Crippen LogP contribution in [-0.2, 0) is 4.79 Å². The molecule has 116 valence electrons. The molecule has 1 aromatic heterocycles. The first-order valence-electron chi connectivity index (χ1n) is 7.05. The molecule has 0 aliphatic rings. The maximum absolute atomic E-state index is 12.7.